The predicted octanol–water partition coefficient (Wildman–Crippen LogP) is 4.85. The van der Waals surface area contributed by atoms with E-state index < -0.39 is 18.3 Å². The fourth-order valence-electron chi connectivity index (χ4n) is 3.74. The van der Waals surface area contributed by atoms with Gasteiger partial charge >= 0.3 is 6.18 Å². The molecule has 196 valence electrons. The van der Waals surface area contributed by atoms with Crippen LogP contribution in [0.15, 0.2) is 77.2 Å². The van der Waals surface area contributed by atoms with Gasteiger partial charge in [-0.3, -0.25) is 10.1 Å². The van der Waals surface area contributed by atoms with Crippen LogP contribution in [0.25, 0.3) is 22.6 Å². The molecule has 0 saturated carbocycles. The monoisotopic (exact) mass is 544 g/mol. The number of hydrogen-bond donors (Lipinski definition) is 2. The van der Waals surface area contributed by atoms with Gasteiger partial charge in [0.1, 0.15) is 24.2 Å². The van der Waals surface area contributed by atoms with E-state index in [1.165, 1.54) is 24.7 Å². The largest absolute Gasteiger partial charge is 0.495 e. The second-order valence-electron chi connectivity index (χ2n) is 8.21. The average Bonchev–Trinajstić information content (AvgIpc) is 3.30. The Kier molecular flexibility index (Phi) is 7.74. The van der Waals surface area contributed by atoms with Gasteiger partial charge in [-0.25, -0.2) is 15.2 Å². The molecular formula is C25H22ClF3N7O2+. The first kappa shape index (κ1) is 26.8. The molecule has 0 aliphatic heterocycles. The topological polar surface area (TPSA) is 115 Å². The van der Waals surface area contributed by atoms with E-state index >= 15 is 0 Å². The molecule has 3 N–H and O–H groups in total. The minimum absolute atomic E-state index is 0.111. The Balaban J connectivity index is 1.74. The molecule has 2 heterocycles. The maximum absolute atomic E-state index is 13.0. The SMILES string of the molecule is COc1cc(/C(=C/[NH2+]c2cc(=O)n(CC(F)(F)F)nc2-c2cccc(Cl)c2)N=N)ccc1-n1cnc(C)c1. The lowest BCUT2D eigenvalue weighted by Gasteiger charge is -2.12. The fraction of sp³-hybridized carbons (Fsp3) is 0.160. The van der Waals surface area contributed by atoms with E-state index in [4.69, 9.17) is 21.9 Å². The number of quaternary nitrogens is 1. The van der Waals surface area contributed by atoms with Gasteiger partial charge in [-0.15, -0.1) is 0 Å². The van der Waals surface area contributed by atoms with Gasteiger partial charge in [0.15, 0.2) is 11.4 Å². The Hall–Kier alpha value is -4.29. The first-order valence-electron chi connectivity index (χ1n) is 11.1. The first-order valence-corrected chi connectivity index (χ1v) is 11.5. The highest BCUT2D eigenvalue weighted by atomic mass is 35.5. The first-order chi connectivity index (χ1) is 18.1. The molecule has 38 heavy (non-hydrogen) atoms. The van der Waals surface area contributed by atoms with Gasteiger partial charge in [-0.05, 0) is 31.2 Å². The number of nitrogens with one attached hydrogen (secondary N) is 1. The van der Waals surface area contributed by atoms with Crippen LogP contribution >= 0.6 is 11.6 Å². The highest BCUT2D eigenvalue weighted by Crippen LogP contribution is 2.29. The van der Waals surface area contributed by atoms with E-state index in [1.807, 2.05) is 13.1 Å². The van der Waals surface area contributed by atoms with Crippen molar-refractivity contribution in [1.82, 2.24) is 19.3 Å². The van der Waals surface area contributed by atoms with Crippen LogP contribution in [0, 0.1) is 12.5 Å². The summed E-state index contributed by atoms with van der Waals surface area (Å²) in [5.41, 5.74) is 9.83. The van der Waals surface area contributed by atoms with Crippen molar-refractivity contribution in [2.45, 2.75) is 19.6 Å². The lowest BCUT2D eigenvalue weighted by molar-refractivity contribution is -0.495. The normalized spacial score (nSPS) is 12.0. The maximum atomic E-state index is 13.0. The number of halogens is 4. The van der Waals surface area contributed by atoms with Crippen LogP contribution in [-0.2, 0) is 6.54 Å². The number of imidazole rings is 1. The van der Waals surface area contributed by atoms with Gasteiger partial charge in [0, 0.05) is 22.3 Å². The van der Waals surface area contributed by atoms with Crippen LogP contribution in [0.4, 0.5) is 18.9 Å². The number of nitrogens with two attached hydrogens (primary N) is 1. The Morgan fingerprint density at radius 3 is 2.66 bits per heavy atom. The fourth-order valence-corrected chi connectivity index (χ4v) is 3.93. The number of hydrogen-bond acceptors (Lipinski definition) is 6. The summed E-state index contributed by atoms with van der Waals surface area (Å²) in [4.78, 5) is 16.7. The molecule has 0 spiro atoms. The third kappa shape index (κ3) is 6.15. The molecular weight excluding hydrogens is 523 g/mol. The smallest absolute Gasteiger partial charge is 0.408 e. The molecule has 0 aliphatic carbocycles. The van der Waals surface area contributed by atoms with Gasteiger partial charge in [0.25, 0.3) is 5.56 Å². The Labute approximate surface area is 219 Å². The molecule has 2 aromatic carbocycles. The summed E-state index contributed by atoms with van der Waals surface area (Å²) in [6.07, 6.45) is 0.326. The van der Waals surface area contributed by atoms with Crippen molar-refractivity contribution in [3.05, 3.63) is 93.9 Å². The Morgan fingerprint density at radius 2 is 2.03 bits per heavy atom. The summed E-state index contributed by atoms with van der Waals surface area (Å²) in [7, 11) is 1.51. The predicted molar refractivity (Wildman–Crippen MR) is 135 cm³/mol. The van der Waals surface area contributed by atoms with Gasteiger partial charge < -0.3 is 9.30 Å². The van der Waals surface area contributed by atoms with Crippen molar-refractivity contribution >= 4 is 23.0 Å². The molecule has 0 unspecified atom stereocenters. The van der Waals surface area contributed by atoms with Crippen LogP contribution in [0.1, 0.15) is 11.3 Å². The number of nitrogens with zero attached hydrogens (tertiary/aromatic N) is 5. The lowest BCUT2D eigenvalue weighted by Crippen LogP contribution is -2.72. The number of rotatable bonds is 8. The molecule has 0 amide bonds. The van der Waals surface area contributed by atoms with Gasteiger partial charge in [-0.1, -0.05) is 29.8 Å². The summed E-state index contributed by atoms with van der Waals surface area (Å²) < 4.78 is 46.7. The zero-order chi connectivity index (χ0) is 27.4. The van der Waals surface area contributed by atoms with Gasteiger partial charge in [0.2, 0.25) is 0 Å². The molecule has 2 aromatic heterocycles. The van der Waals surface area contributed by atoms with E-state index in [2.05, 4.69) is 15.2 Å². The highest BCUT2D eigenvalue weighted by Gasteiger charge is 2.30. The van der Waals surface area contributed by atoms with E-state index in [9.17, 15) is 18.0 Å². The Morgan fingerprint density at radius 1 is 1.24 bits per heavy atom. The summed E-state index contributed by atoms with van der Waals surface area (Å²) >= 11 is 6.09. The number of methoxy groups -OCH3 is 1. The number of ether oxygens (including phenoxy) is 1. The van der Waals surface area contributed by atoms with Crippen molar-refractivity contribution in [3.63, 3.8) is 0 Å². The third-order valence-electron chi connectivity index (χ3n) is 5.46. The molecule has 0 atom stereocenters. The van der Waals surface area contributed by atoms with Crippen LogP contribution in [0.3, 0.4) is 0 Å². The van der Waals surface area contributed by atoms with E-state index in [-0.39, 0.29) is 17.1 Å². The molecule has 13 heteroatoms. The molecule has 0 aliphatic rings. The molecule has 0 radical (unpaired) electrons. The molecule has 0 saturated heterocycles. The summed E-state index contributed by atoms with van der Waals surface area (Å²) in [6.45, 7) is 0.326. The summed E-state index contributed by atoms with van der Waals surface area (Å²) in [5, 5.41) is 9.39. The van der Waals surface area contributed by atoms with Gasteiger partial charge in [0.05, 0.1) is 30.9 Å². The average molecular weight is 545 g/mol. The highest BCUT2D eigenvalue weighted by molar-refractivity contribution is 6.30. The quantitative estimate of drug-likeness (QED) is 0.308. The van der Waals surface area contributed by atoms with Gasteiger partial charge in [-0.2, -0.15) is 23.4 Å². The van der Waals surface area contributed by atoms with Crippen molar-refractivity contribution in [1.29, 1.82) is 5.53 Å². The second kappa shape index (κ2) is 11.0. The molecule has 4 rings (SSSR count). The van der Waals surface area contributed by atoms with E-state index in [0.717, 1.165) is 17.4 Å². The van der Waals surface area contributed by atoms with E-state index in [1.54, 1.807) is 47.3 Å². The zero-order valence-corrected chi connectivity index (χ0v) is 21.0. The zero-order valence-electron chi connectivity index (χ0n) is 20.2. The van der Waals surface area contributed by atoms with Crippen LogP contribution < -0.4 is 15.6 Å². The number of aryl methyl sites for hydroxylation is 1. The van der Waals surface area contributed by atoms with Crippen LogP contribution in [0.2, 0.25) is 5.02 Å². The number of aromatic nitrogens is 4. The van der Waals surface area contributed by atoms with Crippen molar-refractivity contribution in [3.8, 4) is 22.7 Å². The molecule has 0 bridgehead atoms. The maximum Gasteiger partial charge on any atom is 0.408 e. The van der Waals surface area contributed by atoms with Crippen LogP contribution in [-0.4, -0.2) is 32.6 Å². The third-order valence-corrected chi connectivity index (χ3v) is 5.70. The summed E-state index contributed by atoms with van der Waals surface area (Å²) in [5.74, 6) is 0.505. The van der Waals surface area contributed by atoms with Crippen LogP contribution in [0.5, 0.6) is 5.75 Å². The van der Waals surface area contributed by atoms with Crippen molar-refractivity contribution in [2.24, 2.45) is 5.11 Å². The minimum atomic E-state index is -4.63. The summed E-state index contributed by atoms with van der Waals surface area (Å²) in [6, 6.07) is 12.7. The number of alkyl halides is 3. The minimum Gasteiger partial charge on any atom is -0.495 e. The second-order valence-corrected chi connectivity index (χ2v) is 8.65. The van der Waals surface area contributed by atoms with Crippen molar-refractivity contribution < 1.29 is 23.2 Å². The molecule has 4 aromatic rings. The standard InChI is InChI=1S/C25H21ClF3N7O2/c1-15-12-35(14-32-15)21-7-6-16(9-22(21)38-2)20(33-30)11-31-19-10-23(37)36(13-25(27,28)29)34-24(19)17-4-3-5-18(26)8-17/h3-12,14,30-31H,13H2,1-2H3/p+1/b20-11-,33-30?. The lowest BCUT2D eigenvalue weighted by atomic mass is 10.1. The van der Waals surface area contributed by atoms with E-state index in [0.29, 0.717) is 26.6 Å². The molecule has 9 nitrogen and oxygen atoms in total. The Bertz CT molecular complexity index is 1580. The number of benzene rings is 2. The van der Waals surface area contributed by atoms with Crippen molar-refractivity contribution in [2.75, 3.05) is 7.11 Å². The molecule has 0 fully saturated rings.